The van der Waals surface area contributed by atoms with Crippen molar-refractivity contribution in [2.75, 3.05) is 52.1 Å². The number of benzene rings is 2. The van der Waals surface area contributed by atoms with Crippen LogP contribution in [0.15, 0.2) is 35.2 Å². The summed E-state index contributed by atoms with van der Waals surface area (Å²) in [7, 11) is -0.147. The van der Waals surface area contributed by atoms with E-state index in [1.54, 1.807) is 13.8 Å². The van der Waals surface area contributed by atoms with Gasteiger partial charge in [-0.25, -0.2) is 12.7 Å². The zero-order valence-corrected chi connectivity index (χ0v) is 21.3. The maximum absolute atomic E-state index is 13.0. The molecule has 1 heterocycles. The second kappa shape index (κ2) is 11.2. The Labute approximate surface area is 203 Å². The number of hydrogen-bond donors (Lipinski definition) is 3. The summed E-state index contributed by atoms with van der Waals surface area (Å²) in [6.07, 6.45) is 2.17. The number of rotatable bonds is 9. The molecule has 186 valence electrons. The van der Waals surface area contributed by atoms with Crippen LogP contribution < -0.4 is 10.6 Å². The molecule has 0 aliphatic carbocycles. The van der Waals surface area contributed by atoms with E-state index in [0.29, 0.717) is 24.2 Å². The fourth-order valence-electron chi connectivity index (χ4n) is 4.31. The minimum absolute atomic E-state index is 0.0306. The van der Waals surface area contributed by atoms with Crippen molar-refractivity contribution in [1.82, 2.24) is 14.5 Å². The standard InChI is InChI=1S/C25H36N4O4S/c1-18-15-23(30)16-19(2)25(18)34(32,33)29(4)14-9-24(31)27-11-10-26-22-6-5-20-7-12-28(3)13-8-21(20)17-22/h5-6,15-17,26,30H,7-14H2,1-4H3,(H,27,31). The van der Waals surface area contributed by atoms with Crippen molar-refractivity contribution in [3.8, 4) is 5.75 Å². The molecular weight excluding hydrogens is 452 g/mol. The van der Waals surface area contributed by atoms with Gasteiger partial charge in [0, 0.05) is 51.9 Å². The molecule has 3 rings (SSSR count). The summed E-state index contributed by atoms with van der Waals surface area (Å²) < 4.78 is 27.1. The van der Waals surface area contributed by atoms with E-state index in [-0.39, 0.29) is 29.5 Å². The Bertz CT molecular complexity index is 1110. The number of likely N-dealkylation sites (N-methyl/N-ethyl adjacent to an activating group) is 1. The average molecular weight is 489 g/mol. The van der Waals surface area contributed by atoms with Gasteiger partial charge in [0.1, 0.15) is 5.75 Å². The lowest BCUT2D eigenvalue weighted by molar-refractivity contribution is -0.121. The smallest absolute Gasteiger partial charge is 0.243 e. The number of anilines is 1. The summed E-state index contributed by atoms with van der Waals surface area (Å²) in [5.74, 6) is -0.170. The van der Waals surface area contributed by atoms with Gasteiger partial charge < -0.3 is 20.6 Å². The van der Waals surface area contributed by atoms with Gasteiger partial charge in [-0.15, -0.1) is 0 Å². The highest BCUT2D eigenvalue weighted by molar-refractivity contribution is 7.89. The number of carbonyl (C=O) groups excluding carboxylic acids is 1. The first-order valence-electron chi connectivity index (χ1n) is 11.7. The number of nitrogens with zero attached hydrogens (tertiary/aromatic N) is 2. The van der Waals surface area contributed by atoms with Gasteiger partial charge in [0.25, 0.3) is 0 Å². The van der Waals surface area contributed by atoms with E-state index in [1.165, 1.54) is 34.6 Å². The molecular formula is C25H36N4O4S. The van der Waals surface area contributed by atoms with Crippen molar-refractivity contribution in [2.45, 2.75) is 38.0 Å². The number of sulfonamides is 1. The van der Waals surface area contributed by atoms with Gasteiger partial charge in [-0.3, -0.25) is 4.79 Å². The van der Waals surface area contributed by atoms with E-state index in [4.69, 9.17) is 0 Å². The SMILES string of the molecule is Cc1cc(O)cc(C)c1S(=O)(=O)N(C)CCC(=O)NCCNc1ccc2c(c1)CCN(C)CC2. The third kappa shape index (κ3) is 6.49. The zero-order chi connectivity index (χ0) is 24.9. The predicted molar refractivity (Wildman–Crippen MR) is 135 cm³/mol. The van der Waals surface area contributed by atoms with Gasteiger partial charge in [-0.1, -0.05) is 6.07 Å². The number of aromatic hydroxyl groups is 1. The van der Waals surface area contributed by atoms with Crippen molar-refractivity contribution >= 4 is 21.6 Å². The van der Waals surface area contributed by atoms with Gasteiger partial charge in [-0.05, 0) is 80.3 Å². The van der Waals surface area contributed by atoms with Crippen LogP contribution in [0.2, 0.25) is 0 Å². The summed E-state index contributed by atoms with van der Waals surface area (Å²) >= 11 is 0. The first kappa shape index (κ1) is 26.0. The van der Waals surface area contributed by atoms with Gasteiger partial charge in [0.2, 0.25) is 15.9 Å². The third-order valence-corrected chi connectivity index (χ3v) is 8.44. The van der Waals surface area contributed by atoms with Gasteiger partial charge >= 0.3 is 0 Å². The van der Waals surface area contributed by atoms with E-state index in [1.807, 2.05) is 0 Å². The molecule has 2 aromatic carbocycles. The maximum atomic E-state index is 13.0. The molecule has 9 heteroatoms. The maximum Gasteiger partial charge on any atom is 0.243 e. The number of carbonyl (C=O) groups is 1. The van der Waals surface area contributed by atoms with Crippen LogP contribution in [0.25, 0.3) is 0 Å². The van der Waals surface area contributed by atoms with Crippen molar-refractivity contribution in [3.63, 3.8) is 0 Å². The molecule has 0 unspecified atom stereocenters. The lowest BCUT2D eigenvalue weighted by Gasteiger charge is -2.20. The summed E-state index contributed by atoms with van der Waals surface area (Å²) in [5.41, 5.74) is 4.78. The zero-order valence-electron chi connectivity index (χ0n) is 20.5. The number of aryl methyl sites for hydroxylation is 2. The summed E-state index contributed by atoms with van der Waals surface area (Å²) in [6.45, 7) is 6.54. The Morgan fingerprint density at radius 3 is 2.38 bits per heavy atom. The van der Waals surface area contributed by atoms with Crippen LogP contribution >= 0.6 is 0 Å². The number of amides is 1. The van der Waals surface area contributed by atoms with Crippen molar-refractivity contribution in [3.05, 3.63) is 52.6 Å². The molecule has 0 radical (unpaired) electrons. The molecule has 34 heavy (non-hydrogen) atoms. The highest BCUT2D eigenvalue weighted by Gasteiger charge is 2.25. The van der Waals surface area contributed by atoms with Crippen LogP contribution in [0.5, 0.6) is 5.75 Å². The van der Waals surface area contributed by atoms with E-state index in [9.17, 15) is 18.3 Å². The largest absolute Gasteiger partial charge is 0.508 e. The van der Waals surface area contributed by atoms with E-state index < -0.39 is 10.0 Å². The Kier molecular flexibility index (Phi) is 8.57. The summed E-state index contributed by atoms with van der Waals surface area (Å²) in [4.78, 5) is 14.8. The Morgan fingerprint density at radius 2 is 1.71 bits per heavy atom. The number of phenols is 1. The minimum Gasteiger partial charge on any atom is -0.508 e. The van der Waals surface area contributed by atoms with Crippen molar-refractivity contribution in [2.24, 2.45) is 0 Å². The quantitative estimate of drug-likeness (QED) is 0.468. The number of hydrogen-bond acceptors (Lipinski definition) is 6. The molecule has 0 saturated heterocycles. The lowest BCUT2D eigenvalue weighted by atomic mass is 10.0. The molecule has 0 aromatic heterocycles. The van der Waals surface area contributed by atoms with Crippen LogP contribution in [0, 0.1) is 13.8 Å². The summed E-state index contributed by atoms with van der Waals surface area (Å²) in [6, 6.07) is 9.32. The lowest BCUT2D eigenvalue weighted by Crippen LogP contribution is -2.34. The van der Waals surface area contributed by atoms with Crippen LogP contribution in [-0.4, -0.2) is 75.5 Å². The van der Waals surface area contributed by atoms with E-state index in [0.717, 1.165) is 31.6 Å². The molecule has 2 aromatic rings. The van der Waals surface area contributed by atoms with Crippen LogP contribution in [0.1, 0.15) is 28.7 Å². The number of nitrogens with one attached hydrogen (secondary N) is 2. The highest BCUT2D eigenvalue weighted by atomic mass is 32.2. The Morgan fingerprint density at radius 1 is 1.06 bits per heavy atom. The molecule has 1 aliphatic rings. The number of phenolic OH excluding ortho intramolecular Hbond substituents is 1. The molecule has 1 aliphatic heterocycles. The van der Waals surface area contributed by atoms with Gasteiger partial charge in [0.05, 0.1) is 4.90 Å². The van der Waals surface area contributed by atoms with Crippen LogP contribution in [-0.2, 0) is 27.7 Å². The first-order valence-corrected chi connectivity index (χ1v) is 13.1. The van der Waals surface area contributed by atoms with Gasteiger partial charge in [0.15, 0.2) is 0 Å². The fraction of sp³-hybridized carbons (Fsp3) is 0.480. The monoisotopic (exact) mass is 488 g/mol. The highest BCUT2D eigenvalue weighted by Crippen LogP contribution is 2.27. The number of fused-ring (bicyclic) bond motifs is 1. The molecule has 3 N–H and O–H groups in total. The third-order valence-electron chi connectivity index (χ3n) is 6.28. The van der Waals surface area contributed by atoms with Crippen LogP contribution in [0.4, 0.5) is 5.69 Å². The van der Waals surface area contributed by atoms with E-state index in [2.05, 4.69) is 40.8 Å². The van der Waals surface area contributed by atoms with Gasteiger partial charge in [-0.2, -0.15) is 0 Å². The first-order chi connectivity index (χ1) is 16.1. The van der Waals surface area contributed by atoms with Crippen molar-refractivity contribution in [1.29, 1.82) is 0 Å². The molecule has 8 nitrogen and oxygen atoms in total. The van der Waals surface area contributed by atoms with Crippen molar-refractivity contribution < 1.29 is 18.3 Å². The molecule has 0 bridgehead atoms. The Hall–Kier alpha value is -2.62. The molecule has 0 spiro atoms. The molecule has 0 atom stereocenters. The van der Waals surface area contributed by atoms with E-state index >= 15 is 0 Å². The summed E-state index contributed by atoms with van der Waals surface area (Å²) in [5, 5.41) is 15.9. The second-order valence-electron chi connectivity index (χ2n) is 9.05. The molecule has 1 amide bonds. The molecule has 0 fully saturated rings. The second-order valence-corrected chi connectivity index (χ2v) is 11.0. The average Bonchev–Trinajstić information content (AvgIpc) is 2.95. The normalized spacial score (nSPS) is 14.5. The minimum atomic E-state index is -3.76. The molecule has 0 saturated carbocycles. The Balaban J connectivity index is 1.44. The predicted octanol–water partition coefficient (Wildman–Crippen LogP) is 2.28. The van der Waals surface area contributed by atoms with Crippen LogP contribution in [0.3, 0.4) is 0 Å². The topological polar surface area (TPSA) is 102 Å². The fourth-order valence-corrected chi connectivity index (χ4v) is 5.89.